The number of nitrogens with zero attached hydrogens (tertiary/aromatic N) is 2. The molecule has 0 spiro atoms. The van der Waals surface area contributed by atoms with Gasteiger partial charge in [0.05, 0.1) is 11.9 Å². The molecule has 0 aliphatic carbocycles. The van der Waals surface area contributed by atoms with Gasteiger partial charge in [-0.15, -0.1) is 0 Å². The summed E-state index contributed by atoms with van der Waals surface area (Å²) >= 11 is 3.44. The first kappa shape index (κ1) is 30.4. The largest absolute Gasteiger partial charge is 0.354 e. The standard InChI is InChI=1S/C30H36BrN3O4S/c1-5-17-32-30(36)28(19-24-9-7-6-8-10-24)33(20-25-12-14-26(31)15-13-25)29(35)21-34(39(4,37)38)27-16-11-22(2)18-23(27)3/h6-16,18,28H,5,17,19-21H2,1-4H3,(H,32,36)/t28-/m0/s1. The maximum absolute atomic E-state index is 14.1. The number of carbonyl (C=O) groups excluding carboxylic acids is 2. The molecular formula is C30H36BrN3O4S. The van der Waals surface area contributed by atoms with Gasteiger partial charge in [0, 0.05) is 24.0 Å². The van der Waals surface area contributed by atoms with E-state index in [0.29, 0.717) is 18.7 Å². The van der Waals surface area contributed by atoms with Crippen molar-refractivity contribution in [2.75, 3.05) is 23.7 Å². The van der Waals surface area contributed by atoms with Gasteiger partial charge in [-0.2, -0.15) is 0 Å². The van der Waals surface area contributed by atoms with Gasteiger partial charge in [0.2, 0.25) is 21.8 Å². The lowest BCUT2D eigenvalue weighted by Crippen LogP contribution is -2.53. The predicted octanol–water partition coefficient (Wildman–Crippen LogP) is 5.00. The Hall–Kier alpha value is -3.17. The lowest BCUT2D eigenvalue weighted by atomic mass is 10.0. The maximum Gasteiger partial charge on any atom is 0.244 e. The number of sulfonamides is 1. The minimum atomic E-state index is -3.80. The molecule has 3 rings (SSSR count). The summed E-state index contributed by atoms with van der Waals surface area (Å²) in [5.41, 5.74) is 3.90. The van der Waals surface area contributed by atoms with Crippen LogP contribution in [0.25, 0.3) is 0 Å². The molecule has 1 N–H and O–H groups in total. The number of hydrogen-bond donors (Lipinski definition) is 1. The number of aryl methyl sites for hydroxylation is 2. The number of anilines is 1. The molecule has 0 aromatic heterocycles. The van der Waals surface area contributed by atoms with Crippen molar-refractivity contribution in [2.24, 2.45) is 0 Å². The van der Waals surface area contributed by atoms with Crippen molar-refractivity contribution in [2.45, 2.75) is 46.2 Å². The Morgan fingerprint density at radius 1 is 0.949 bits per heavy atom. The van der Waals surface area contributed by atoms with Gasteiger partial charge < -0.3 is 10.2 Å². The molecule has 7 nitrogen and oxygen atoms in total. The Kier molecular flexibility index (Phi) is 10.7. The highest BCUT2D eigenvalue weighted by Crippen LogP contribution is 2.25. The second kappa shape index (κ2) is 13.8. The highest BCUT2D eigenvalue weighted by atomic mass is 79.9. The molecule has 0 fully saturated rings. The van der Waals surface area contributed by atoms with Crippen molar-refractivity contribution in [3.05, 3.63) is 99.5 Å². The van der Waals surface area contributed by atoms with E-state index in [1.807, 2.05) is 87.5 Å². The van der Waals surface area contributed by atoms with Crippen LogP contribution in [-0.2, 0) is 32.6 Å². The summed E-state index contributed by atoms with van der Waals surface area (Å²) in [5, 5.41) is 2.94. The van der Waals surface area contributed by atoms with Crippen molar-refractivity contribution in [1.82, 2.24) is 10.2 Å². The van der Waals surface area contributed by atoms with Crippen molar-refractivity contribution in [3.63, 3.8) is 0 Å². The van der Waals surface area contributed by atoms with Crippen LogP contribution in [0, 0.1) is 13.8 Å². The van der Waals surface area contributed by atoms with Crippen LogP contribution in [-0.4, -0.2) is 50.5 Å². The van der Waals surface area contributed by atoms with Crippen LogP contribution < -0.4 is 9.62 Å². The van der Waals surface area contributed by atoms with E-state index in [0.717, 1.165) is 43.7 Å². The first-order valence-electron chi connectivity index (χ1n) is 12.9. The van der Waals surface area contributed by atoms with E-state index in [-0.39, 0.29) is 12.5 Å². The minimum Gasteiger partial charge on any atom is -0.354 e. The normalized spacial score (nSPS) is 12.0. The number of carbonyl (C=O) groups is 2. The van der Waals surface area contributed by atoms with Crippen LogP contribution in [0.5, 0.6) is 0 Å². The summed E-state index contributed by atoms with van der Waals surface area (Å²) in [5.74, 6) is -0.737. The quantitative estimate of drug-likeness (QED) is 0.311. The highest BCUT2D eigenvalue weighted by Gasteiger charge is 2.33. The summed E-state index contributed by atoms with van der Waals surface area (Å²) in [6.07, 6.45) is 2.13. The van der Waals surface area contributed by atoms with Gasteiger partial charge in [0.15, 0.2) is 0 Å². The van der Waals surface area contributed by atoms with E-state index < -0.39 is 28.5 Å². The van der Waals surface area contributed by atoms with E-state index in [2.05, 4.69) is 21.2 Å². The second-order valence-electron chi connectivity index (χ2n) is 9.70. The van der Waals surface area contributed by atoms with Gasteiger partial charge in [-0.25, -0.2) is 8.42 Å². The molecule has 0 unspecified atom stereocenters. The van der Waals surface area contributed by atoms with Gasteiger partial charge in [0.25, 0.3) is 0 Å². The summed E-state index contributed by atoms with van der Waals surface area (Å²) in [6.45, 7) is 5.91. The number of rotatable bonds is 12. The fourth-order valence-electron chi connectivity index (χ4n) is 4.39. The number of nitrogens with one attached hydrogen (secondary N) is 1. The average molecular weight is 615 g/mol. The molecule has 0 saturated heterocycles. The molecule has 39 heavy (non-hydrogen) atoms. The van der Waals surface area contributed by atoms with Gasteiger partial charge in [-0.1, -0.05) is 83.0 Å². The van der Waals surface area contributed by atoms with Crippen LogP contribution >= 0.6 is 15.9 Å². The summed E-state index contributed by atoms with van der Waals surface area (Å²) < 4.78 is 27.9. The highest BCUT2D eigenvalue weighted by molar-refractivity contribution is 9.10. The van der Waals surface area contributed by atoms with Crippen LogP contribution in [0.2, 0.25) is 0 Å². The van der Waals surface area contributed by atoms with Crippen LogP contribution in [0.1, 0.15) is 35.6 Å². The molecule has 0 saturated carbocycles. The van der Waals surface area contributed by atoms with Gasteiger partial charge in [-0.05, 0) is 55.2 Å². The van der Waals surface area contributed by atoms with Crippen LogP contribution in [0.15, 0.2) is 77.3 Å². The Bertz CT molecular complexity index is 1380. The first-order valence-corrected chi connectivity index (χ1v) is 15.5. The Morgan fingerprint density at radius 2 is 1.62 bits per heavy atom. The first-order chi connectivity index (χ1) is 18.5. The van der Waals surface area contributed by atoms with Crippen molar-refractivity contribution in [1.29, 1.82) is 0 Å². The third-order valence-electron chi connectivity index (χ3n) is 6.39. The Balaban J connectivity index is 2.05. The van der Waals surface area contributed by atoms with E-state index in [1.165, 1.54) is 4.90 Å². The number of benzene rings is 3. The predicted molar refractivity (Wildman–Crippen MR) is 160 cm³/mol. The topological polar surface area (TPSA) is 86.8 Å². The van der Waals surface area contributed by atoms with Crippen molar-refractivity contribution < 1.29 is 18.0 Å². The van der Waals surface area contributed by atoms with E-state index >= 15 is 0 Å². The molecule has 3 aromatic carbocycles. The molecule has 0 bridgehead atoms. The Morgan fingerprint density at radius 3 is 2.21 bits per heavy atom. The molecule has 0 aliphatic rings. The zero-order valence-electron chi connectivity index (χ0n) is 22.9. The fraction of sp³-hybridized carbons (Fsp3) is 0.333. The molecule has 1 atom stereocenters. The van der Waals surface area contributed by atoms with Crippen LogP contribution in [0.4, 0.5) is 5.69 Å². The smallest absolute Gasteiger partial charge is 0.244 e. The molecule has 3 aromatic rings. The second-order valence-corrected chi connectivity index (χ2v) is 12.5. The summed E-state index contributed by atoms with van der Waals surface area (Å²) in [7, 11) is -3.80. The number of hydrogen-bond acceptors (Lipinski definition) is 4. The maximum atomic E-state index is 14.1. The van der Waals surface area contributed by atoms with Gasteiger partial charge >= 0.3 is 0 Å². The monoisotopic (exact) mass is 613 g/mol. The zero-order chi connectivity index (χ0) is 28.6. The molecule has 2 amide bonds. The molecule has 208 valence electrons. The fourth-order valence-corrected chi connectivity index (χ4v) is 5.56. The SMILES string of the molecule is CCCNC(=O)[C@H](Cc1ccccc1)N(Cc1ccc(Br)cc1)C(=O)CN(c1ccc(C)cc1C)S(C)(=O)=O. The molecule has 9 heteroatoms. The van der Waals surface area contributed by atoms with Crippen molar-refractivity contribution in [3.8, 4) is 0 Å². The lowest BCUT2D eigenvalue weighted by molar-refractivity contribution is -0.140. The molecule has 0 aliphatic heterocycles. The number of halogens is 1. The van der Waals surface area contributed by atoms with E-state index in [9.17, 15) is 18.0 Å². The minimum absolute atomic E-state index is 0.146. The van der Waals surface area contributed by atoms with Gasteiger partial charge in [0.1, 0.15) is 12.6 Å². The summed E-state index contributed by atoms with van der Waals surface area (Å²) in [6, 6.07) is 21.6. The zero-order valence-corrected chi connectivity index (χ0v) is 25.3. The molecular weight excluding hydrogens is 578 g/mol. The third kappa shape index (κ3) is 8.66. The van der Waals surface area contributed by atoms with E-state index in [4.69, 9.17) is 0 Å². The van der Waals surface area contributed by atoms with Gasteiger partial charge in [-0.3, -0.25) is 13.9 Å². The van der Waals surface area contributed by atoms with Crippen molar-refractivity contribution >= 4 is 43.5 Å². The molecule has 0 radical (unpaired) electrons. The van der Waals surface area contributed by atoms with Crippen LogP contribution in [0.3, 0.4) is 0 Å². The number of amides is 2. The average Bonchev–Trinajstić information content (AvgIpc) is 2.89. The lowest BCUT2D eigenvalue weighted by Gasteiger charge is -2.34. The third-order valence-corrected chi connectivity index (χ3v) is 8.04. The van der Waals surface area contributed by atoms with E-state index in [1.54, 1.807) is 6.07 Å². The molecule has 0 heterocycles. The summed E-state index contributed by atoms with van der Waals surface area (Å²) in [4.78, 5) is 29.1. The Labute approximate surface area is 240 Å².